The molecule has 0 radical (unpaired) electrons. The van der Waals surface area contributed by atoms with Crippen molar-refractivity contribution in [1.29, 1.82) is 5.26 Å². The minimum atomic E-state index is -0.197. The molecule has 1 amide bonds. The molecule has 0 atom stereocenters. The van der Waals surface area contributed by atoms with E-state index < -0.39 is 0 Å². The number of amides is 1. The second-order valence-electron chi connectivity index (χ2n) is 7.30. The number of benzene rings is 2. The van der Waals surface area contributed by atoms with Crippen LogP contribution in [0.5, 0.6) is 0 Å². The number of nitrogens with one attached hydrogen (secondary N) is 2. The summed E-state index contributed by atoms with van der Waals surface area (Å²) in [5, 5.41) is 15.1. The lowest BCUT2D eigenvalue weighted by molar-refractivity contribution is 0.102. The molecule has 4 rings (SSSR count). The third kappa shape index (κ3) is 4.76. The van der Waals surface area contributed by atoms with Gasteiger partial charge in [0, 0.05) is 41.9 Å². The van der Waals surface area contributed by atoms with Crippen molar-refractivity contribution in [2.75, 3.05) is 28.6 Å². The number of carbonyl (C=O) groups is 1. The second-order valence-corrected chi connectivity index (χ2v) is 7.30. The van der Waals surface area contributed by atoms with Crippen molar-refractivity contribution in [2.24, 2.45) is 0 Å². The van der Waals surface area contributed by atoms with Gasteiger partial charge in [0.25, 0.3) is 5.91 Å². The van der Waals surface area contributed by atoms with E-state index in [-0.39, 0.29) is 5.91 Å². The van der Waals surface area contributed by atoms with Crippen molar-refractivity contribution in [1.82, 2.24) is 4.98 Å². The molecule has 1 saturated heterocycles. The molecule has 0 saturated carbocycles. The molecule has 2 N–H and O–H groups in total. The predicted octanol–water partition coefficient (Wildman–Crippen LogP) is 4.94. The Morgan fingerprint density at radius 2 is 1.77 bits per heavy atom. The van der Waals surface area contributed by atoms with Crippen LogP contribution in [-0.4, -0.2) is 24.0 Å². The van der Waals surface area contributed by atoms with Crippen molar-refractivity contribution in [3.63, 3.8) is 0 Å². The molecule has 30 heavy (non-hydrogen) atoms. The van der Waals surface area contributed by atoms with Gasteiger partial charge >= 0.3 is 0 Å². The van der Waals surface area contributed by atoms with Gasteiger partial charge in [-0.25, -0.2) is 4.98 Å². The summed E-state index contributed by atoms with van der Waals surface area (Å²) >= 11 is 0. The van der Waals surface area contributed by atoms with Gasteiger partial charge in [-0.3, -0.25) is 4.79 Å². The Morgan fingerprint density at radius 3 is 2.53 bits per heavy atom. The molecule has 2 heterocycles. The fraction of sp³-hybridized carbons (Fsp3) is 0.208. The number of nitriles is 1. The molecule has 6 heteroatoms. The van der Waals surface area contributed by atoms with Crippen molar-refractivity contribution in [3.05, 3.63) is 78.0 Å². The first-order valence-electron chi connectivity index (χ1n) is 10.1. The van der Waals surface area contributed by atoms with Crippen LogP contribution in [0, 0.1) is 11.3 Å². The van der Waals surface area contributed by atoms with Gasteiger partial charge in [-0.2, -0.15) is 5.26 Å². The molecule has 1 aromatic heterocycles. The van der Waals surface area contributed by atoms with Crippen LogP contribution >= 0.6 is 0 Å². The number of hydrogen-bond acceptors (Lipinski definition) is 5. The lowest BCUT2D eigenvalue weighted by Crippen LogP contribution is -2.29. The van der Waals surface area contributed by atoms with Gasteiger partial charge in [0.15, 0.2) is 0 Å². The van der Waals surface area contributed by atoms with Crippen LogP contribution in [-0.2, 0) is 0 Å². The standard InChI is InChI=1S/C24H23N5O/c25-17-18-5-4-6-21(15-18)27-23-16-19(11-12-26-23)24(30)28-20-7-9-22(10-8-20)29-13-2-1-3-14-29/h4-12,15-16H,1-3,13-14H2,(H,26,27)(H,28,30). The molecule has 0 aliphatic carbocycles. The van der Waals surface area contributed by atoms with E-state index in [1.807, 2.05) is 18.2 Å². The summed E-state index contributed by atoms with van der Waals surface area (Å²) in [6.07, 6.45) is 5.36. The van der Waals surface area contributed by atoms with Crippen molar-refractivity contribution >= 4 is 28.8 Å². The van der Waals surface area contributed by atoms with Crippen LogP contribution < -0.4 is 15.5 Å². The maximum Gasteiger partial charge on any atom is 0.255 e. The number of rotatable bonds is 5. The molecule has 1 aliphatic heterocycles. The van der Waals surface area contributed by atoms with Crippen LogP contribution in [0.4, 0.5) is 22.9 Å². The number of piperidine rings is 1. The van der Waals surface area contributed by atoms with E-state index in [2.05, 4.69) is 38.7 Å². The first-order chi connectivity index (χ1) is 14.7. The Balaban J connectivity index is 1.42. The molecule has 6 nitrogen and oxygen atoms in total. The molecular weight excluding hydrogens is 374 g/mol. The van der Waals surface area contributed by atoms with E-state index in [0.29, 0.717) is 16.9 Å². The molecule has 150 valence electrons. The smallest absolute Gasteiger partial charge is 0.255 e. The average Bonchev–Trinajstić information content (AvgIpc) is 2.80. The first kappa shape index (κ1) is 19.5. The molecule has 0 bridgehead atoms. The Labute approximate surface area is 176 Å². The second kappa shape index (κ2) is 9.10. The number of aromatic nitrogens is 1. The molecule has 0 spiro atoms. The molecule has 0 unspecified atom stereocenters. The third-order valence-corrected chi connectivity index (χ3v) is 5.13. The van der Waals surface area contributed by atoms with E-state index in [9.17, 15) is 4.79 Å². The number of nitrogens with zero attached hydrogens (tertiary/aromatic N) is 3. The lowest BCUT2D eigenvalue weighted by Gasteiger charge is -2.28. The normalized spacial score (nSPS) is 13.4. The van der Waals surface area contributed by atoms with Crippen LogP contribution in [0.25, 0.3) is 0 Å². The predicted molar refractivity (Wildman–Crippen MR) is 119 cm³/mol. The van der Waals surface area contributed by atoms with Gasteiger partial charge in [0.1, 0.15) is 5.82 Å². The number of anilines is 4. The van der Waals surface area contributed by atoms with Gasteiger partial charge in [-0.05, 0) is 73.9 Å². The summed E-state index contributed by atoms with van der Waals surface area (Å²) in [7, 11) is 0. The van der Waals surface area contributed by atoms with Gasteiger partial charge < -0.3 is 15.5 Å². The van der Waals surface area contributed by atoms with Crippen molar-refractivity contribution in [3.8, 4) is 6.07 Å². The van der Waals surface area contributed by atoms with Crippen LogP contribution in [0.1, 0.15) is 35.2 Å². The summed E-state index contributed by atoms with van der Waals surface area (Å²) in [4.78, 5) is 19.3. The van der Waals surface area contributed by atoms with Gasteiger partial charge in [0.05, 0.1) is 11.6 Å². The minimum absolute atomic E-state index is 0.197. The zero-order chi connectivity index (χ0) is 20.8. The third-order valence-electron chi connectivity index (χ3n) is 5.13. The number of carbonyl (C=O) groups excluding carboxylic acids is 1. The highest BCUT2D eigenvalue weighted by molar-refractivity contribution is 6.04. The molecule has 3 aromatic rings. The van der Waals surface area contributed by atoms with E-state index in [0.717, 1.165) is 24.5 Å². The van der Waals surface area contributed by atoms with E-state index in [1.54, 1.807) is 36.5 Å². The lowest BCUT2D eigenvalue weighted by atomic mass is 10.1. The Morgan fingerprint density at radius 1 is 0.967 bits per heavy atom. The summed E-state index contributed by atoms with van der Waals surface area (Å²) < 4.78 is 0. The number of hydrogen-bond donors (Lipinski definition) is 2. The van der Waals surface area contributed by atoms with E-state index in [4.69, 9.17) is 5.26 Å². The monoisotopic (exact) mass is 397 g/mol. The summed E-state index contributed by atoms with van der Waals surface area (Å²) in [6.45, 7) is 2.19. The van der Waals surface area contributed by atoms with Gasteiger partial charge in [0.2, 0.25) is 0 Å². The van der Waals surface area contributed by atoms with E-state index >= 15 is 0 Å². The molecule has 1 fully saturated rings. The molecule has 2 aromatic carbocycles. The van der Waals surface area contributed by atoms with Crippen molar-refractivity contribution < 1.29 is 4.79 Å². The molecular formula is C24H23N5O. The highest BCUT2D eigenvalue weighted by Gasteiger charge is 2.12. The van der Waals surface area contributed by atoms with Gasteiger partial charge in [-0.1, -0.05) is 6.07 Å². The van der Waals surface area contributed by atoms with Crippen molar-refractivity contribution in [2.45, 2.75) is 19.3 Å². The first-order valence-corrected chi connectivity index (χ1v) is 10.1. The fourth-order valence-corrected chi connectivity index (χ4v) is 3.57. The largest absolute Gasteiger partial charge is 0.372 e. The summed E-state index contributed by atoms with van der Waals surface area (Å²) in [5.41, 5.74) is 3.76. The summed E-state index contributed by atoms with van der Waals surface area (Å²) in [5.74, 6) is 0.343. The summed E-state index contributed by atoms with van der Waals surface area (Å²) in [6, 6.07) is 20.6. The Bertz CT molecular complexity index is 1070. The SMILES string of the molecule is N#Cc1cccc(Nc2cc(C(=O)Nc3ccc(N4CCCCC4)cc3)ccn2)c1. The van der Waals surface area contributed by atoms with E-state index in [1.165, 1.54) is 24.9 Å². The highest BCUT2D eigenvalue weighted by atomic mass is 16.1. The number of pyridine rings is 1. The highest BCUT2D eigenvalue weighted by Crippen LogP contribution is 2.22. The minimum Gasteiger partial charge on any atom is -0.372 e. The maximum atomic E-state index is 12.7. The Hall–Kier alpha value is -3.85. The topological polar surface area (TPSA) is 81.0 Å². The zero-order valence-electron chi connectivity index (χ0n) is 16.6. The average molecular weight is 397 g/mol. The van der Waals surface area contributed by atoms with Crippen LogP contribution in [0.15, 0.2) is 66.9 Å². The quantitative estimate of drug-likeness (QED) is 0.637. The zero-order valence-corrected chi connectivity index (χ0v) is 16.6. The fourth-order valence-electron chi connectivity index (χ4n) is 3.57. The maximum absolute atomic E-state index is 12.7. The Kier molecular flexibility index (Phi) is 5.90. The molecule has 1 aliphatic rings. The van der Waals surface area contributed by atoms with Crippen LogP contribution in [0.3, 0.4) is 0 Å². The van der Waals surface area contributed by atoms with Crippen LogP contribution in [0.2, 0.25) is 0 Å². The van der Waals surface area contributed by atoms with Gasteiger partial charge in [-0.15, -0.1) is 0 Å².